The molecule has 6 nitrogen and oxygen atoms in total. The van der Waals surface area contributed by atoms with Crippen molar-refractivity contribution >= 4 is 33.3 Å². The van der Waals surface area contributed by atoms with Crippen LogP contribution in [0.3, 0.4) is 0 Å². The molecule has 37 heavy (non-hydrogen) atoms. The number of hydrogen-bond acceptors (Lipinski definition) is 6. The van der Waals surface area contributed by atoms with Crippen LogP contribution < -0.4 is 9.50 Å². The van der Waals surface area contributed by atoms with Crippen molar-refractivity contribution in [2.45, 2.75) is 64.2 Å². The van der Waals surface area contributed by atoms with Crippen LogP contribution >= 0.6 is 11.6 Å². The first-order chi connectivity index (χ1) is 17.3. The first-order valence-corrected chi connectivity index (χ1v) is 14.1. The lowest BCUT2D eigenvalue weighted by Crippen LogP contribution is -2.42. The number of allylic oxidation sites excluding steroid dienone is 4. The van der Waals surface area contributed by atoms with E-state index in [2.05, 4.69) is 33.0 Å². The van der Waals surface area contributed by atoms with E-state index in [1.54, 1.807) is 30.3 Å². The van der Waals surface area contributed by atoms with Gasteiger partial charge in [0.15, 0.2) is 17.3 Å². The summed E-state index contributed by atoms with van der Waals surface area (Å²) < 4.78 is 30.8. The SMILES string of the molecule is CC1(C)CC(=O)C2=C(C1)NC1=C(C(=O)CC(C)(C)C1)C2c1ccc(OS(=O)(=O)c2ccccc2)c(Cl)c1. The Bertz CT molecular complexity index is 1430. The van der Waals surface area contributed by atoms with Gasteiger partial charge in [0.05, 0.1) is 5.02 Å². The Hall–Kier alpha value is -2.90. The van der Waals surface area contributed by atoms with Crippen LogP contribution in [0.2, 0.25) is 5.02 Å². The van der Waals surface area contributed by atoms with Crippen LogP contribution in [0, 0.1) is 10.8 Å². The number of hydrogen-bond donors (Lipinski definition) is 1. The van der Waals surface area contributed by atoms with Crippen molar-refractivity contribution in [3.8, 4) is 5.75 Å². The summed E-state index contributed by atoms with van der Waals surface area (Å²) in [6, 6.07) is 12.6. The highest BCUT2D eigenvalue weighted by atomic mass is 35.5. The molecule has 0 radical (unpaired) electrons. The summed E-state index contributed by atoms with van der Waals surface area (Å²) in [6.07, 6.45) is 2.16. The molecular formula is C29H30ClNO5S. The van der Waals surface area contributed by atoms with Gasteiger partial charge in [0.2, 0.25) is 0 Å². The molecule has 0 fully saturated rings. The predicted molar refractivity (Wildman–Crippen MR) is 142 cm³/mol. The van der Waals surface area contributed by atoms with Crippen molar-refractivity contribution in [1.29, 1.82) is 0 Å². The summed E-state index contributed by atoms with van der Waals surface area (Å²) in [4.78, 5) is 26.9. The van der Waals surface area contributed by atoms with Gasteiger partial charge in [-0.25, -0.2) is 0 Å². The van der Waals surface area contributed by atoms with Gasteiger partial charge in [-0.2, -0.15) is 8.42 Å². The molecular weight excluding hydrogens is 510 g/mol. The molecule has 1 heterocycles. The Labute approximate surface area is 222 Å². The Kier molecular flexibility index (Phi) is 6.15. The van der Waals surface area contributed by atoms with Crippen LogP contribution in [0.5, 0.6) is 5.75 Å². The van der Waals surface area contributed by atoms with Crippen molar-refractivity contribution < 1.29 is 22.2 Å². The zero-order valence-corrected chi connectivity index (χ0v) is 22.9. The summed E-state index contributed by atoms with van der Waals surface area (Å²) in [5.74, 6) is -0.554. The zero-order chi connectivity index (χ0) is 26.8. The van der Waals surface area contributed by atoms with Crippen molar-refractivity contribution in [1.82, 2.24) is 5.32 Å². The van der Waals surface area contributed by atoms with Gasteiger partial charge in [-0.05, 0) is 53.5 Å². The van der Waals surface area contributed by atoms with E-state index in [1.807, 2.05) is 0 Å². The molecule has 8 heteroatoms. The molecule has 0 atom stereocenters. The van der Waals surface area contributed by atoms with Gasteiger partial charge < -0.3 is 9.50 Å². The molecule has 2 aromatic carbocycles. The third kappa shape index (κ3) is 4.87. The molecule has 1 aliphatic heterocycles. The minimum Gasteiger partial charge on any atom is -0.377 e. The number of rotatable bonds is 4. The quantitative estimate of drug-likeness (QED) is 0.473. The van der Waals surface area contributed by atoms with E-state index in [9.17, 15) is 18.0 Å². The Balaban J connectivity index is 1.58. The molecule has 0 spiro atoms. The van der Waals surface area contributed by atoms with Crippen molar-refractivity contribution in [2.75, 3.05) is 0 Å². The lowest BCUT2D eigenvalue weighted by Gasteiger charge is -2.44. The van der Waals surface area contributed by atoms with Gasteiger partial charge in [0, 0.05) is 41.3 Å². The van der Waals surface area contributed by atoms with Gasteiger partial charge in [-0.1, -0.05) is 63.6 Å². The minimum absolute atomic E-state index is 0.0102. The second kappa shape index (κ2) is 8.84. The maximum atomic E-state index is 13.5. The van der Waals surface area contributed by atoms with Gasteiger partial charge in [0.1, 0.15) is 4.90 Å². The van der Waals surface area contributed by atoms with E-state index >= 15 is 0 Å². The topological polar surface area (TPSA) is 89.5 Å². The second-order valence-corrected chi connectivity index (χ2v) is 13.7. The van der Waals surface area contributed by atoms with Crippen LogP contribution in [0.15, 0.2) is 76.0 Å². The highest BCUT2D eigenvalue weighted by Gasteiger charge is 2.46. The second-order valence-electron chi connectivity index (χ2n) is 11.8. The van der Waals surface area contributed by atoms with Gasteiger partial charge in [-0.3, -0.25) is 9.59 Å². The van der Waals surface area contributed by atoms with Crippen LogP contribution in [0.25, 0.3) is 0 Å². The first kappa shape index (κ1) is 25.7. The summed E-state index contributed by atoms with van der Waals surface area (Å²) in [7, 11) is -4.08. The van der Waals surface area contributed by atoms with E-state index in [0.717, 1.165) is 11.4 Å². The minimum atomic E-state index is -4.08. The van der Waals surface area contributed by atoms with Crippen molar-refractivity contribution in [3.05, 3.63) is 81.7 Å². The fraction of sp³-hybridized carbons (Fsp3) is 0.379. The van der Waals surface area contributed by atoms with Crippen LogP contribution in [-0.2, 0) is 19.7 Å². The highest BCUT2D eigenvalue weighted by molar-refractivity contribution is 7.87. The molecule has 5 rings (SSSR count). The van der Waals surface area contributed by atoms with Crippen LogP contribution in [-0.4, -0.2) is 20.0 Å². The lowest BCUT2D eigenvalue weighted by molar-refractivity contribution is -0.119. The first-order valence-electron chi connectivity index (χ1n) is 12.3. The summed E-state index contributed by atoms with van der Waals surface area (Å²) in [5.41, 5.74) is 3.21. The maximum absolute atomic E-state index is 13.5. The fourth-order valence-corrected chi connectivity index (χ4v) is 6.98. The number of carbonyl (C=O) groups excluding carboxylic acids is 2. The predicted octanol–water partition coefficient (Wildman–Crippen LogP) is 6.08. The number of halogens is 1. The van der Waals surface area contributed by atoms with Gasteiger partial charge in [-0.15, -0.1) is 0 Å². The standard InChI is InChI=1S/C29H30ClNO5S/c1-28(2)13-20-26(22(32)15-28)25(27-21(31-20)14-29(3,4)16-23(27)33)17-10-11-24(19(30)12-17)36-37(34,35)18-8-6-5-7-9-18/h5-12,25,31H,13-16H2,1-4H3. The molecule has 2 aromatic rings. The van der Waals surface area contributed by atoms with E-state index in [-0.39, 0.29) is 38.1 Å². The molecule has 0 saturated carbocycles. The van der Waals surface area contributed by atoms with Crippen molar-refractivity contribution in [2.24, 2.45) is 10.8 Å². The molecule has 194 valence electrons. The Morgan fingerprint density at radius 1 is 0.838 bits per heavy atom. The normalized spacial score (nSPS) is 21.3. The fourth-order valence-electron chi connectivity index (χ4n) is 5.74. The van der Waals surface area contributed by atoms with Gasteiger partial charge >= 0.3 is 10.1 Å². The molecule has 0 amide bonds. The number of ketones is 2. The zero-order valence-electron chi connectivity index (χ0n) is 21.4. The average Bonchev–Trinajstić information content (AvgIpc) is 2.78. The van der Waals surface area contributed by atoms with E-state index < -0.39 is 16.0 Å². The molecule has 0 saturated heterocycles. The third-order valence-electron chi connectivity index (χ3n) is 7.24. The molecule has 1 N–H and O–H groups in total. The molecule has 0 bridgehead atoms. The van der Waals surface area contributed by atoms with Crippen LogP contribution in [0.1, 0.15) is 64.9 Å². The number of dihydropyridines is 1. The largest absolute Gasteiger partial charge is 0.377 e. The third-order valence-corrected chi connectivity index (χ3v) is 8.78. The number of benzene rings is 2. The molecule has 0 unspecified atom stereocenters. The average molecular weight is 540 g/mol. The summed E-state index contributed by atoms with van der Waals surface area (Å²) in [5, 5.41) is 3.57. The molecule has 3 aliphatic rings. The Morgan fingerprint density at radius 3 is 1.89 bits per heavy atom. The molecule has 2 aliphatic carbocycles. The summed E-state index contributed by atoms with van der Waals surface area (Å²) in [6.45, 7) is 8.28. The highest BCUT2D eigenvalue weighted by Crippen LogP contribution is 2.51. The summed E-state index contributed by atoms with van der Waals surface area (Å²) >= 11 is 6.55. The number of nitrogens with one attached hydrogen (secondary N) is 1. The smallest absolute Gasteiger partial charge is 0.339 e. The van der Waals surface area contributed by atoms with E-state index in [1.165, 1.54) is 18.2 Å². The number of Topliss-reactive ketones (excluding diaryl/α,β-unsaturated/α-hetero) is 2. The molecule has 0 aromatic heterocycles. The van der Waals surface area contributed by atoms with E-state index in [4.69, 9.17) is 15.8 Å². The maximum Gasteiger partial charge on any atom is 0.339 e. The van der Waals surface area contributed by atoms with E-state index in [0.29, 0.717) is 42.4 Å². The van der Waals surface area contributed by atoms with Crippen molar-refractivity contribution in [3.63, 3.8) is 0 Å². The number of carbonyl (C=O) groups is 2. The Morgan fingerprint density at radius 2 is 1.38 bits per heavy atom. The monoisotopic (exact) mass is 539 g/mol. The van der Waals surface area contributed by atoms with Crippen LogP contribution in [0.4, 0.5) is 0 Å². The lowest BCUT2D eigenvalue weighted by atomic mass is 9.64. The van der Waals surface area contributed by atoms with Gasteiger partial charge in [0.25, 0.3) is 0 Å².